The van der Waals surface area contributed by atoms with E-state index in [0.29, 0.717) is 6.61 Å². The highest BCUT2D eigenvalue weighted by atomic mass is 16.5. The summed E-state index contributed by atoms with van der Waals surface area (Å²) in [6, 6.07) is 0. The van der Waals surface area contributed by atoms with Gasteiger partial charge in [0, 0.05) is 17.6 Å². The molecule has 0 aromatic carbocycles. The van der Waals surface area contributed by atoms with Gasteiger partial charge in [0.15, 0.2) is 0 Å². The molecular weight excluding hydrogens is 190 g/mol. The van der Waals surface area contributed by atoms with Crippen molar-refractivity contribution in [2.45, 2.75) is 26.9 Å². The van der Waals surface area contributed by atoms with Crippen LogP contribution in [0.3, 0.4) is 0 Å². The zero-order chi connectivity index (χ0) is 11.3. The van der Waals surface area contributed by atoms with Crippen LogP contribution in [-0.4, -0.2) is 30.1 Å². The van der Waals surface area contributed by atoms with Gasteiger partial charge in [-0.1, -0.05) is 0 Å². The van der Waals surface area contributed by atoms with E-state index >= 15 is 0 Å². The molecule has 2 N–H and O–H groups in total. The fourth-order valence-corrected chi connectivity index (χ4v) is 1.60. The number of nitrogens with two attached hydrogens (primary N) is 1. The zero-order valence-electron chi connectivity index (χ0n) is 9.60. The molecule has 1 aliphatic rings. The van der Waals surface area contributed by atoms with E-state index in [9.17, 15) is 0 Å². The Labute approximate surface area is 91.1 Å². The molecule has 0 aromatic heterocycles. The third-order valence-electron chi connectivity index (χ3n) is 2.22. The number of hydrogen-bond acceptors (Lipinski definition) is 4. The fraction of sp³-hybridized carbons (Fsp3) is 0.545. The van der Waals surface area contributed by atoms with E-state index in [1.807, 2.05) is 19.2 Å². The lowest BCUT2D eigenvalue weighted by Gasteiger charge is -2.29. The van der Waals surface area contributed by atoms with Gasteiger partial charge in [-0.25, -0.2) is 0 Å². The van der Waals surface area contributed by atoms with Crippen LogP contribution in [0.15, 0.2) is 29.0 Å². The average molecular weight is 209 g/mol. The Morgan fingerprint density at radius 3 is 2.93 bits per heavy atom. The predicted molar refractivity (Wildman–Crippen MR) is 62.3 cm³/mol. The number of rotatable bonds is 4. The number of ether oxygens (including phenoxy) is 1. The molecule has 4 heteroatoms. The SMILES string of the molecule is CC1=CC(C)=N[C@@H](C)N1/C=C\COCN. The summed E-state index contributed by atoms with van der Waals surface area (Å²) < 4.78 is 5.03. The van der Waals surface area contributed by atoms with Crippen molar-refractivity contribution >= 4 is 5.71 Å². The van der Waals surface area contributed by atoms with Gasteiger partial charge in [0.05, 0.1) is 13.3 Å². The molecule has 0 aromatic rings. The van der Waals surface area contributed by atoms with Gasteiger partial charge in [-0.05, 0) is 32.9 Å². The van der Waals surface area contributed by atoms with Crippen molar-refractivity contribution < 1.29 is 4.74 Å². The third-order valence-corrected chi connectivity index (χ3v) is 2.22. The first-order valence-corrected chi connectivity index (χ1v) is 5.10. The van der Waals surface area contributed by atoms with Crippen LogP contribution in [0.2, 0.25) is 0 Å². The van der Waals surface area contributed by atoms with Crippen LogP contribution in [0.4, 0.5) is 0 Å². The maximum Gasteiger partial charge on any atom is 0.122 e. The maximum atomic E-state index is 5.22. The molecule has 1 aliphatic heterocycles. The van der Waals surface area contributed by atoms with Gasteiger partial charge in [0.2, 0.25) is 0 Å². The molecule has 0 amide bonds. The monoisotopic (exact) mass is 209 g/mol. The van der Waals surface area contributed by atoms with E-state index in [0.717, 1.165) is 5.71 Å². The van der Waals surface area contributed by atoms with Crippen LogP contribution in [0, 0.1) is 0 Å². The maximum absolute atomic E-state index is 5.22. The van der Waals surface area contributed by atoms with E-state index in [2.05, 4.69) is 29.8 Å². The molecule has 0 spiro atoms. The summed E-state index contributed by atoms with van der Waals surface area (Å²) in [4.78, 5) is 6.57. The Kier molecular flexibility index (Phi) is 4.52. The molecule has 1 heterocycles. The Hall–Kier alpha value is -1.13. The molecule has 1 atom stereocenters. The zero-order valence-corrected chi connectivity index (χ0v) is 9.60. The van der Waals surface area contributed by atoms with E-state index in [1.54, 1.807) is 0 Å². The average Bonchev–Trinajstić information content (AvgIpc) is 2.15. The van der Waals surface area contributed by atoms with Gasteiger partial charge in [0.1, 0.15) is 6.17 Å². The van der Waals surface area contributed by atoms with Gasteiger partial charge in [-0.2, -0.15) is 0 Å². The van der Waals surface area contributed by atoms with Crippen LogP contribution in [-0.2, 0) is 4.74 Å². The Morgan fingerprint density at radius 2 is 2.33 bits per heavy atom. The van der Waals surface area contributed by atoms with Crippen LogP contribution in [0.1, 0.15) is 20.8 Å². The smallest absolute Gasteiger partial charge is 0.122 e. The molecule has 84 valence electrons. The third kappa shape index (κ3) is 3.49. The van der Waals surface area contributed by atoms with Crippen molar-refractivity contribution in [2.75, 3.05) is 13.3 Å². The number of nitrogens with zero attached hydrogens (tertiary/aromatic N) is 2. The molecule has 4 nitrogen and oxygen atoms in total. The summed E-state index contributed by atoms with van der Waals surface area (Å²) in [5.41, 5.74) is 7.48. The molecule has 0 aliphatic carbocycles. The number of aliphatic imine (C=N–C) groups is 1. The molecular formula is C11H19N3O. The van der Waals surface area contributed by atoms with Gasteiger partial charge in [0.25, 0.3) is 0 Å². The fourth-order valence-electron chi connectivity index (χ4n) is 1.60. The Morgan fingerprint density at radius 1 is 1.60 bits per heavy atom. The summed E-state index contributed by atoms with van der Waals surface area (Å²) in [6.07, 6.45) is 6.15. The van der Waals surface area contributed by atoms with Crippen molar-refractivity contribution in [1.82, 2.24) is 4.90 Å². The predicted octanol–water partition coefficient (Wildman–Crippen LogP) is 1.46. The second-order valence-electron chi connectivity index (χ2n) is 3.52. The molecule has 0 saturated heterocycles. The highest BCUT2D eigenvalue weighted by Crippen LogP contribution is 2.16. The minimum Gasteiger partial charge on any atom is -0.362 e. The molecule has 1 rings (SSSR count). The lowest BCUT2D eigenvalue weighted by atomic mass is 10.2. The van der Waals surface area contributed by atoms with Crippen molar-refractivity contribution in [3.63, 3.8) is 0 Å². The number of hydrogen-bond donors (Lipinski definition) is 1. The van der Waals surface area contributed by atoms with Gasteiger partial charge < -0.3 is 15.4 Å². The molecule has 0 fully saturated rings. The van der Waals surface area contributed by atoms with Gasteiger partial charge in [-0.15, -0.1) is 0 Å². The summed E-state index contributed by atoms with van der Waals surface area (Å²) in [5.74, 6) is 0. The Balaban J connectivity index is 2.56. The van der Waals surface area contributed by atoms with Crippen LogP contribution in [0.5, 0.6) is 0 Å². The van der Waals surface area contributed by atoms with E-state index in [4.69, 9.17) is 10.5 Å². The van der Waals surface area contributed by atoms with Gasteiger partial charge in [-0.3, -0.25) is 4.99 Å². The Bertz CT molecular complexity index is 294. The van der Waals surface area contributed by atoms with Crippen molar-refractivity contribution in [1.29, 1.82) is 0 Å². The summed E-state index contributed by atoms with van der Waals surface area (Å²) in [7, 11) is 0. The van der Waals surface area contributed by atoms with Gasteiger partial charge >= 0.3 is 0 Å². The molecule has 15 heavy (non-hydrogen) atoms. The number of allylic oxidation sites excluding steroid dienone is 2. The lowest BCUT2D eigenvalue weighted by Crippen LogP contribution is -2.29. The van der Waals surface area contributed by atoms with Crippen LogP contribution in [0.25, 0.3) is 0 Å². The first-order valence-electron chi connectivity index (χ1n) is 5.10. The first kappa shape index (κ1) is 11.9. The lowest BCUT2D eigenvalue weighted by molar-refractivity contribution is 0.169. The summed E-state index contributed by atoms with van der Waals surface area (Å²) in [6.45, 7) is 6.94. The topological polar surface area (TPSA) is 50.8 Å². The second kappa shape index (κ2) is 5.68. The van der Waals surface area contributed by atoms with Crippen molar-refractivity contribution in [3.8, 4) is 0 Å². The van der Waals surface area contributed by atoms with Crippen LogP contribution >= 0.6 is 0 Å². The minimum atomic E-state index is 0.157. The molecule has 0 bridgehead atoms. The minimum absolute atomic E-state index is 0.157. The molecule has 0 unspecified atom stereocenters. The van der Waals surface area contributed by atoms with E-state index in [-0.39, 0.29) is 12.9 Å². The second-order valence-corrected chi connectivity index (χ2v) is 3.52. The van der Waals surface area contributed by atoms with E-state index < -0.39 is 0 Å². The molecule has 0 saturated carbocycles. The summed E-state index contributed by atoms with van der Waals surface area (Å²) >= 11 is 0. The van der Waals surface area contributed by atoms with Crippen molar-refractivity contribution in [3.05, 3.63) is 24.0 Å². The molecule has 0 radical (unpaired) electrons. The summed E-state index contributed by atoms with van der Waals surface area (Å²) in [5, 5.41) is 0. The highest BCUT2D eigenvalue weighted by Gasteiger charge is 2.14. The quantitative estimate of drug-likeness (QED) is 0.563. The standard InChI is InChI=1S/C11H19N3O/c1-9-7-10(2)14(11(3)13-9)5-4-6-15-8-12/h4-5,7,11H,6,8,12H2,1-3H3/b5-4-/t11-/m1/s1. The largest absolute Gasteiger partial charge is 0.362 e. The first-order chi connectivity index (χ1) is 7.15. The highest BCUT2D eigenvalue weighted by molar-refractivity contribution is 5.94. The van der Waals surface area contributed by atoms with Crippen LogP contribution < -0.4 is 5.73 Å². The van der Waals surface area contributed by atoms with Crippen molar-refractivity contribution in [2.24, 2.45) is 10.7 Å². The normalized spacial score (nSPS) is 21.9. The van der Waals surface area contributed by atoms with E-state index in [1.165, 1.54) is 5.70 Å².